The minimum Gasteiger partial charge on any atom is -0.340 e. The molecule has 1 atom stereocenters. The van der Waals surface area contributed by atoms with E-state index < -0.39 is 0 Å². The Hall–Kier alpha value is -0.610. The maximum Gasteiger partial charge on any atom is 0.239 e. The van der Waals surface area contributed by atoms with E-state index in [-0.39, 0.29) is 11.9 Å². The number of carbonyl (C=O) groups excluding carboxylic acids is 1. The highest BCUT2D eigenvalue weighted by molar-refractivity contribution is 5.84. The number of nitrogens with zero attached hydrogens (tertiary/aromatic N) is 2. The first kappa shape index (κ1) is 14.5. The van der Waals surface area contributed by atoms with Crippen LogP contribution in [0.15, 0.2) is 0 Å². The van der Waals surface area contributed by atoms with Gasteiger partial charge in [0.05, 0.1) is 6.04 Å². The second kappa shape index (κ2) is 6.36. The van der Waals surface area contributed by atoms with Crippen LogP contribution in [-0.4, -0.2) is 60.5 Å². The molecular formula is C13H27N3O. The van der Waals surface area contributed by atoms with Gasteiger partial charge in [-0.1, -0.05) is 13.8 Å². The largest absolute Gasteiger partial charge is 0.340 e. The quantitative estimate of drug-likeness (QED) is 0.751. The molecule has 0 radical (unpaired) electrons. The lowest BCUT2D eigenvalue weighted by atomic mass is 10.2. The highest BCUT2D eigenvalue weighted by Crippen LogP contribution is 2.11. The van der Waals surface area contributed by atoms with Crippen LogP contribution in [0.5, 0.6) is 0 Å². The lowest BCUT2D eigenvalue weighted by Gasteiger charge is -2.25. The van der Waals surface area contributed by atoms with Crippen LogP contribution in [0.1, 0.15) is 34.1 Å². The van der Waals surface area contributed by atoms with E-state index in [9.17, 15) is 4.79 Å². The van der Waals surface area contributed by atoms with Crippen molar-refractivity contribution in [2.45, 2.75) is 52.2 Å². The number of likely N-dealkylation sites (N-methyl/N-ethyl adjacent to an activating group) is 1. The fourth-order valence-electron chi connectivity index (χ4n) is 2.05. The lowest BCUT2D eigenvalue weighted by Crippen LogP contribution is -2.43. The summed E-state index contributed by atoms with van der Waals surface area (Å²) in [6.45, 7) is 11.2. The standard InChI is InChI=1S/C13H27N3O/c1-10(2)14-12-6-7-16(13(12)17)9-8-15(5)11(3)4/h10-12,14H,6-9H2,1-5H3. The van der Waals surface area contributed by atoms with Gasteiger partial charge in [-0.25, -0.2) is 0 Å². The van der Waals surface area contributed by atoms with Crippen LogP contribution in [0.4, 0.5) is 0 Å². The summed E-state index contributed by atoms with van der Waals surface area (Å²) in [4.78, 5) is 16.3. The van der Waals surface area contributed by atoms with E-state index in [0.717, 1.165) is 26.1 Å². The topological polar surface area (TPSA) is 35.6 Å². The minimum atomic E-state index is 0.0411. The maximum absolute atomic E-state index is 12.1. The molecule has 0 aromatic rings. The first-order valence-corrected chi connectivity index (χ1v) is 6.67. The van der Waals surface area contributed by atoms with Crippen molar-refractivity contribution in [1.82, 2.24) is 15.1 Å². The average Bonchev–Trinajstić information content (AvgIpc) is 2.56. The highest BCUT2D eigenvalue weighted by Gasteiger charge is 2.31. The molecule has 1 saturated heterocycles. The van der Waals surface area contributed by atoms with Crippen molar-refractivity contribution in [1.29, 1.82) is 0 Å². The van der Waals surface area contributed by atoms with Gasteiger partial charge in [-0.2, -0.15) is 0 Å². The molecule has 17 heavy (non-hydrogen) atoms. The number of nitrogens with one attached hydrogen (secondary N) is 1. The Morgan fingerprint density at radius 1 is 1.41 bits per heavy atom. The van der Waals surface area contributed by atoms with Crippen LogP contribution in [0.3, 0.4) is 0 Å². The second-order valence-corrected chi connectivity index (χ2v) is 5.56. The van der Waals surface area contributed by atoms with Gasteiger partial charge in [0, 0.05) is 31.7 Å². The Balaban J connectivity index is 2.35. The minimum absolute atomic E-state index is 0.0411. The third kappa shape index (κ3) is 4.28. The molecule has 1 aliphatic rings. The lowest BCUT2D eigenvalue weighted by molar-refractivity contribution is -0.129. The van der Waals surface area contributed by atoms with Gasteiger partial charge in [0.1, 0.15) is 0 Å². The Kier molecular flexibility index (Phi) is 5.40. The van der Waals surface area contributed by atoms with E-state index in [2.05, 4.69) is 45.0 Å². The number of hydrogen-bond acceptors (Lipinski definition) is 3. The van der Waals surface area contributed by atoms with Crippen LogP contribution >= 0.6 is 0 Å². The predicted octanol–water partition coefficient (Wildman–Crippen LogP) is 0.925. The fourth-order valence-corrected chi connectivity index (χ4v) is 2.05. The van der Waals surface area contributed by atoms with Gasteiger partial charge in [0.2, 0.25) is 5.91 Å². The number of carbonyl (C=O) groups is 1. The van der Waals surface area contributed by atoms with E-state index in [1.54, 1.807) is 0 Å². The number of rotatable bonds is 6. The van der Waals surface area contributed by atoms with Crippen molar-refractivity contribution in [3.05, 3.63) is 0 Å². The molecular weight excluding hydrogens is 214 g/mol. The van der Waals surface area contributed by atoms with Gasteiger partial charge in [0.25, 0.3) is 0 Å². The van der Waals surface area contributed by atoms with Crippen LogP contribution in [0, 0.1) is 0 Å². The molecule has 0 spiro atoms. The molecule has 4 heteroatoms. The van der Waals surface area contributed by atoms with Crippen molar-refractivity contribution >= 4 is 5.91 Å². The molecule has 0 aromatic carbocycles. The molecule has 1 aliphatic heterocycles. The van der Waals surface area contributed by atoms with Gasteiger partial charge in [0.15, 0.2) is 0 Å². The van der Waals surface area contributed by atoms with E-state index >= 15 is 0 Å². The summed E-state index contributed by atoms with van der Waals surface area (Å²) in [5.41, 5.74) is 0. The summed E-state index contributed by atoms with van der Waals surface area (Å²) in [5, 5.41) is 3.33. The fraction of sp³-hybridized carbons (Fsp3) is 0.923. The predicted molar refractivity (Wildman–Crippen MR) is 71.0 cm³/mol. The van der Waals surface area contributed by atoms with Crippen molar-refractivity contribution in [3.8, 4) is 0 Å². The molecule has 0 bridgehead atoms. The van der Waals surface area contributed by atoms with Gasteiger partial charge < -0.3 is 15.1 Å². The van der Waals surface area contributed by atoms with Crippen molar-refractivity contribution < 1.29 is 4.79 Å². The van der Waals surface area contributed by atoms with Gasteiger partial charge in [-0.05, 0) is 27.3 Å². The first-order valence-electron chi connectivity index (χ1n) is 6.67. The second-order valence-electron chi connectivity index (χ2n) is 5.56. The third-order valence-electron chi connectivity index (χ3n) is 3.44. The molecule has 4 nitrogen and oxygen atoms in total. The van der Waals surface area contributed by atoms with Crippen molar-refractivity contribution in [2.75, 3.05) is 26.7 Å². The molecule has 1 fully saturated rings. The smallest absolute Gasteiger partial charge is 0.239 e. The van der Waals surface area contributed by atoms with Gasteiger partial charge >= 0.3 is 0 Å². The summed E-state index contributed by atoms with van der Waals surface area (Å²) < 4.78 is 0. The van der Waals surface area contributed by atoms with Gasteiger partial charge in [-0.3, -0.25) is 4.79 Å². The molecule has 1 amide bonds. The summed E-state index contributed by atoms with van der Waals surface area (Å²) in [7, 11) is 2.11. The highest BCUT2D eigenvalue weighted by atomic mass is 16.2. The summed E-state index contributed by atoms with van der Waals surface area (Å²) in [6, 6.07) is 0.957. The van der Waals surface area contributed by atoms with Crippen LogP contribution < -0.4 is 5.32 Å². The molecule has 100 valence electrons. The zero-order valence-electron chi connectivity index (χ0n) is 11.9. The van der Waals surface area contributed by atoms with Gasteiger partial charge in [-0.15, -0.1) is 0 Å². The Labute approximate surface area is 105 Å². The Morgan fingerprint density at radius 3 is 2.59 bits per heavy atom. The van der Waals surface area contributed by atoms with E-state index in [1.165, 1.54) is 0 Å². The van der Waals surface area contributed by atoms with Crippen LogP contribution in [0.25, 0.3) is 0 Å². The normalized spacial score (nSPS) is 21.3. The summed E-state index contributed by atoms with van der Waals surface area (Å²) >= 11 is 0. The van der Waals surface area contributed by atoms with E-state index in [1.807, 2.05) is 4.90 Å². The Bertz CT molecular complexity index is 253. The monoisotopic (exact) mass is 241 g/mol. The molecule has 1 unspecified atom stereocenters. The van der Waals surface area contributed by atoms with Crippen molar-refractivity contribution in [2.24, 2.45) is 0 Å². The molecule has 0 saturated carbocycles. The zero-order valence-corrected chi connectivity index (χ0v) is 11.9. The van der Waals surface area contributed by atoms with Crippen LogP contribution in [-0.2, 0) is 4.79 Å². The van der Waals surface area contributed by atoms with E-state index in [0.29, 0.717) is 12.1 Å². The number of likely N-dealkylation sites (tertiary alicyclic amines) is 1. The molecule has 0 aliphatic carbocycles. The average molecular weight is 241 g/mol. The molecule has 1 N–H and O–H groups in total. The molecule has 1 rings (SSSR count). The van der Waals surface area contributed by atoms with E-state index in [4.69, 9.17) is 0 Å². The zero-order chi connectivity index (χ0) is 13.0. The van der Waals surface area contributed by atoms with Crippen molar-refractivity contribution in [3.63, 3.8) is 0 Å². The summed E-state index contributed by atoms with van der Waals surface area (Å²) in [5.74, 6) is 0.274. The maximum atomic E-state index is 12.1. The molecule has 1 heterocycles. The number of hydrogen-bond donors (Lipinski definition) is 1. The SMILES string of the molecule is CC(C)NC1CCN(CCN(C)C(C)C)C1=O. The summed E-state index contributed by atoms with van der Waals surface area (Å²) in [6.07, 6.45) is 0.947. The van der Waals surface area contributed by atoms with Crippen LogP contribution in [0.2, 0.25) is 0 Å². The number of amides is 1. The Morgan fingerprint density at radius 2 is 2.06 bits per heavy atom. The first-order chi connectivity index (χ1) is 7.91. The third-order valence-corrected chi connectivity index (χ3v) is 3.44. The molecule has 0 aromatic heterocycles.